The summed E-state index contributed by atoms with van der Waals surface area (Å²) in [7, 11) is 0. The molecule has 1 saturated carbocycles. The van der Waals surface area contributed by atoms with Crippen molar-refractivity contribution in [3.8, 4) is 0 Å². The summed E-state index contributed by atoms with van der Waals surface area (Å²) in [4.78, 5) is 22.7. The summed E-state index contributed by atoms with van der Waals surface area (Å²) >= 11 is 0. The molecule has 17 heavy (non-hydrogen) atoms. The van der Waals surface area contributed by atoms with Gasteiger partial charge in [0.25, 0.3) is 5.91 Å². The number of benzene rings is 1. The Kier molecular flexibility index (Phi) is 3.42. The fourth-order valence-corrected chi connectivity index (χ4v) is 2.12. The van der Waals surface area contributed by atoms with Crippen molar-refractivity contribution in [2.45, 2.75) is 31.7 Å². The molecule has 4 nitrogen and oxygen atoms in total. The van der Waals surface area contributed by atoms with Gasteiger partial charge in [0, 0.05) is 17.2 Å². The summed E-state index contributed by atoms with van der Waals surface area (Å²) in [5.41, 5.74) is 6.12. The quantitative estimate of drug-likeness (QED) is 0.828. The van der Waals surface area contributed by atoms with E-state index in [1.165, 1.54) is 12.8 Å². The van der Waals surface area contributed by atoms with Crippen molar-refractivity contribution in [1.29, 1.82) is 0 Å². The van der Waals surface area contributed by atoms with Crippen LogP contribution in [0.4, 0.5) is 0 Å². The smallest absolute Gasteiger partial charge is 0.251 e. The molecule has 3 N–H and O–H groups in total. The molecular weight excluding hydrogens is 216 g/mol. The van der Waals surface area contributed by atoms with Crippen molar-refractivity contribution >= 4 is 11.8 Å². The minimum atomic E-state index is -0.479. The largest absolute Gasteiger partial charge is 0.366 e. The van der Waals surface area contributed by atoms with E-state index >= 15 is 0 Å². The molecule has 0 bridgehead atoms. The zero-order valence-electron chi connectivity index (χ0n) is 9.61. The molecule has 2 amide bonds. The van der Waals surface area contributed by atoms with E-state index in [2.05, 4.69) is 5.32 Å². The van der Waals surface area contributed by atoms with Gasteiger partial charge in [0.15, 0.2) is 0 Å². The Morgan fingerprint density at radius 3 is 2.12 bits per heavy atom. The van der Waals surface area contributed by atoms with E-state index in [1.807, 2.05) is 0 Å². The minimum absolute atomic E-state index is 0.0760. The van der Waals surface area contributed by atoms with Crippen molar-refractivity contribution in [2.75, 3.05) is 0 Å². The lowest BCUT2D eigenvalue weighted by Crippen LogP contribution is -2.32. The number of rotatable bonds is 3. The molecule has 0 spiro atoms. The second-order valence-electron chi connectivity index (χ2n) is 4.40. The van der Waals surface area contributed by atoms with E-state index in [0.717, 1.165) is 12.8 Å². The van der Waals surface area contributed by atoms with Gasteiger partial charge >= 0.3 is 0 Å². The summed E-state index contributed by atoms with van der Waals surface area (Å²) in [5, 5.41) is 2.99. The van der Waals surface area contributed by atoms with Gasteiger partial charge < -0.3 is 11.1 Å². The number of amides is 2. The number of hydrogen-bond acceptors (Lipinski definition) is 2. The van der Waals surface area contributed by atoms with Crippen LogP contribution in [0, 0.1) is 0 Å². The molecule has 1 aromatic rings. The third kappa shape index (κ3) is 2.84. The molecule has 90 valence electrons. The highest BCUT2D eigenvalue weighted by Gasteiger charge is 2.17. The average Bonchev–Trinajstić information content (AvgIpc) is 2.82. The normalized spacial score (nSPS) is 15.8. The lowest BCUT2D eigenvalue weighted by atomic mass is 10.1. The maximum Gasteiger partial charge on any atom is 0.251 e. The van der Waals surface area contributed by atoms with E-state index < -0.39 is 5.91 Å². The monoisotopic (exact) mass is 232 g/mol. The first kappa shape index (κ1) is 11.6. The Morgan fingerprint density at radius 1 is 1.06 bits per heavy atom. The van der Waals surface area contributed by atoms with Crippen molar-refractivity contribution in [1.82, 2.24) is 5.32 Å². The molecule has 0 aliphatic heterocycles. The lowest BCUT2D eigenvalue weighted by Gasteiger charge is -2.11. The molecule has 1 aliphatic rings. The first-order chi connectivity index (χ1) is 8.16. The second-order valence-corrected chi connectivity index (χ2v) is 4.40. The standard InChI is InChI=1S/C13H16N2O2/c14-12(16)9-5-7-10(8-6-9)13(17)15-11-3-1-2-4-11/h5-8,11H,1-4H2,(H2,14,16)(H,15,17). The van der Waals surface area contributed by atoms with Gasteiger partial charge in [-0.25, -0.2) is 0 Å². The molecule has 0 saturated heterocycles. The second kappa shape index (κ2) is 4.99. The predicted molar refractivity (Wildman–Crippen MR) is 64.7 cm³/mol. The Morgan fingerprint density at radius 2 is 1.59 bits per heavy atom. The fraction of sp³-hybridized carbons (Fsp3) is 0.385. The number of nitrogens with one attached hydrogen (secondary N) is 1. The molecule has 0 unspecified atom stereocenters. The van der Waals surface area contributed by atoms with E-state index in [0.29, 0.717) is 17.2 Å². The number of carbonyl (C=O) groups excluding carboxylic acids is 2. The van der Waals surface area contributed by atoms with Gasteiger partial charge in [-0.2, -0.15) is 0 Å². The van der Waals surface area contributed by atoms with Gasteiger partial charge in [0.05, 0.1) is 0 Å². The van der Waals surface area contributed by atoms with Crippen LogP contribution in [0.1, 0.15) is 46.4 Å². The Bertz CT molecular complexity index is 420. The zero-order valence-corrected chi connectivity index (χ0v) is 9.61. The molecule has 0 radical (unpaired) electrons. The van der Waals surface area contributed by atoms with Crippen molar-refractivity contribution in [3.63, 3.8) is 0 Å². The third-order valence-corrected chi connectivity index (χ3v) is 3.12. The first-order valence-corrected chi connectivity index (χ1v) is 5.87. The summed E-state index contributed by atoms with van der Waals surface area (Å²) in [6.45, 7) is 0. The van der Waals surface area contributed by atoms with E-state index in [9.17, 15) is 9.59 Å². The van der Waals surface area contributed by atoms with Crippen LogP contribution in [0.5, 0.6) is 0 Å². The maximum absolute atomic E-state index is 11.9. The molecular formula is C13H16N2O2. The average molecular weight is 232 g/mol. The maximum atomic E-state index is 11.9. The Balaban J connectivity index is 2.01. The Hall–Kier alpha value is -1.84. The highest BCUT2D eigenvalue weighted by Crippen LogP contribution is 2.18. The zero-order chi connectivity index (χ0) is 12.3. The predicted octanol–water partition coefficient (Wildman–Crippen LogP) is 1.46. The molecule has 1 aliphatic carbocycles. The van der Waals surface area contributed by atoms with E-state index in [-0.39, 0.29) is 5.91 Å². The van der Waals surface area contributed by atoms with Gasteiger partial charge in [-0.05, 0) is 37.1 Å². The van der Waals surface area contributed by atoms with Gasteiger partial charge in [0.1, 0.15) is 0 Å². The molecule has 0 heterocycles. The third-order valence-electron chi connectivity index (χ3n) is 3.12. The lowest BCUT2D eigenvalue weighted by molar-refractivity contribution is 0.0935. The van der Waals surface area contributed by atoms with Crippen molar-refractivity contribution in [2.24, 2.45) is 5.73 Å². The SMILES string of the molecule is NC(=O)c1ccc(C(=O)NC2CCCC2)cc1. The van der Waals surface area contributed by atoms with Crippen LogP contribution in [0.25, 0.3) is 0 Å². The Labute approximate surface area is 100 Å². The minimum Gasteiger partial charge on any atom is -0.366 e. The number of primary amides is 1. The highest BCUT2D eigenvalue weighted by molar-refractivity contribution is 5.97. The van der Waals surface area contributed by atoms with Crippen LogP contribution in [-0.2, 0) is 0 Å². The molecule has 1 aromatic carbocycles. The number of hydrogen-bond donors (Lipinski definition) is 2. The molecule has 0 aromatic heterocycles. The van der Waals surface area contributed by atoms with Gasteiger partial charge in [-0.1, -0.05) is 12.8 Å². The molecule has 2 rings (SSSR count). The summed E-state index contributed by atoms with van der Waals surface area (Å²) in [6.07, 6.45) is 4.49. The molecule has 0 atom stereocenters. The van der Waals surface area contributed by atoms with Crippen LogP contribution >= 0.6 is 0 Å². The van der Waals surface area contributed by atoms with Gasteiger partial charge in [-0.3, -0.25) is 9.59 Å². The fourth-order valence-electron chi connectivity index (χ4n) is 2.12. The van der Waals surface area contributed by atoms with Crippen LogP contribution < -0.4 is 11.1 Å². The van der Waals surface area contributed by atoms with E-state index in [4.69, 9.17) is 5.73 Å². The summed E-state index contributed by atoms with van der Waals surface area (Å²) in [6, 6.07) is 6.71. The van der Waals surface area contributed by atoms with E-state index in [1.54, 1.807) is 24.3 Å². The number of nitrogens with two attached hydrogens (primary N) is 1. The van der Waals surface area contributed by atoms with Crippen LogP contribution in [0.3, 0.4) is 0 Å². The highest BCUT2D eigenvalue weighted by atomic mass is 16.2. The van der Waals surface area contributed by atoms with Gasteiger partial charge in [-0.15, -0.1) is 0 Å². The van der Waals surface area contributed by atoms with Crippen molar-refractivity contribution < 1.29 is 9.59 Å². The van der Waals surface area contributed by atoms with Crippen LogP contribution in [0.15, 0.2) is 24.3 Å². The van der Waals surface area contributed by atoms with Crippen LogP contribution in [-0.4, -0.2) is 17.9 Å². The van der Waals surface area contributed by atoms with Crippen LogP contribution in [0.2, 0.25) is 0 Å². The summed E-state index contributed by atoms with van der Waals surface area (Å²) < 4.78 is 0. The molecule has 4 heteroatoms. The topological polar surface area (TPSA) is 72.2 Å². The van der Waals surface area contributed by atoms with Gasteiger partial charge in [0.2, 0.25) is 5.91 Å². The van der Waals surface area contributed by atoms with Crippen molar-refractivity contribution in [3.05, 3.63) is 35.4 Å². The molecule has 1 fully saturated rings. The first-order valence-electron chi connectivity index (χ1n) is 5.87. The number of carbonyl (C=O) groups is 2. The summed E-state index contributed by atoms with van der Waals surface area (Å²) in [5.74, 6) is -0.555.